The Morgan fingerprint density at radius 3 is 2.67 bits per heavy atom. The maximum Gasteiger partial charge on any atom is 0.223 e. The highest BCUT2D eigenvalue weighted by molar-refractivity contribution is 7.91. The number of sulfone groups is 1. The lowest BCUT2D eigenvalue weighted by atomic mass is 10.1. The molecule has 5 nitrogen and oxygen atoms in total. The number of hydrogen-bond acceptors (Lipinski definition) is 4. The first-order valence-corrected chi connectivity index (χ1v) is 8.62. The van der Waals surface area contributed by atoms with Crippen molar-refractivity contribution in [1.82, 2.24) is 5.32 Å². The molecule has 1 atom stereocenters. The first-order valence-electron chi connectivity index (χ1n) is 6.80. The monoisotopic (exact) mass is 315 g/mol. The molecule has 1 aliphatic heterocycles. The molecule has 1 aliphatic rings. The van der Waals surface area contributed by atoms with Gasteiger partial charge in [0.2, 0.25) is 5.91 Å². The fourth-order valence-corrected chi connectivity index (χ4v) is 4.03. The summed E-state index contributed by atoms with van der Waals surface area (Å²) >= 11 is 0. The van der Waals surface area contributed by atoms with Gasteiger partial charge >= 0.3 is 0 Å². The van der Waals surface area contributed by atoms with E-state index < -0.39 is 9.84 Å². The van der Waals surface area contributed by atoms with Gasteiger partial charge in [-0.1, -0.05) is 0 Å². The Morgan fingerprint density at radius 2 is 2.05 bits per heavy atom. The number of halogens is 1. The Hall–Kier alpha value is -1.63. The zero-order valence-corrected chi connectivity index (χ0v) is 12.4. The highest BCUT2D eigenvalue weighted by atomic mass is 32.2. The largest absolute Gasteiger partial charge is 0.493 e. The third kappa shape index (κ3) is 5.34. The van der Waals surface area contributed by atoms with Crippen LogP contribution in [0.5, 0.6) is 5.75 Å². The Balaban J connectivity index is 1.63. The van der Waals surface area contributed by atoms with Gasteiger partial charge in [0.05, 0.1) is 24.5 Å². The second-order valence-corrected chi connectivity index (χ2v) is 7.35. The van der Waals surface area contributed by atoms with Crippen LogP contribution in [0.3, 0.4) is 0 Å². The zero-order valence-electron chi connectivity index (χ0n) is 11.5. The van der Waals surface area contributed by atoms with E-state index in [0.29, 0.717) is 18.7 Å². The lowest BCUT2D eigenvalue weighted by molar-refractivity contribution is -0.121. The van der Waals surface area contributed by atoms with E-state index in [9.17, 15) is 17.6 Å². The maximum absolute atomic E-state index is 12.7. The van der Waals surface area contributed by atoms with E-state index >= 15 is 0 Å². The van der Waals surface area contributed by atoms with Gasteiger partial charge in [-0.2, -0.15) is 0 Å². The van der Waals surface area contributed by atoms with Gasteiger partial charge in [0.1, 0.15) is 11.6 Å². The molecule has 0 aliphatic carbocycles. The van der Waals surface area contributed by atoms with Crippen molar-refractivity contribution in [3.63, 3.8) is 0 Å². The lowest BCUT2D eigenvalue weighted by Crippen LogP contribution is -2.30. The Morgan fingerprint density at radius 1 is 1.33 bits per heavy atom. The quantitative estimate of drug-likeness (QED) is 0.854. The van der Waals surface area contributed by atoms with Crippen LogP contribution in [0.2, 0.25) is 0 Å². The molecule has 0 aromatic heterocycles. The van der Waals surface area contributed by atoms with E-state index in [1.54, 1.807) is 0 Å². The van der Waals surface area contributed by atoms with Crippen LogP contribution in [-0.2, 0) is 14.6 Å². The van der Waals surface area contributed by atoms with Crippen LogP contribution in [0.15, 0.2) is 24.3 Å². The van der Waals surface area contributed by atoms with Gasteiger partial charge in [0.25, 0.3) is 0 Å². The maximum atomic E-state index is 12.7. The van der Waals surface area contributed by atoms with Crippen molar-refractivity contribution >= 4 is 15.7 Å². The average molecular weight is 315 g/mol. The van der Waals surface area contributed by atoms with Crippen LogP contribution in [-0.4, -0.2) is 39.0 Å². The third-order valence-corrected chi connectivity index (χ3v) is 5.16. The lowest BCUT2D eigenvalue weighted by Gasteiger charge is -2.10. The smallest absolute Gasteiger partial charge is 0.223 e. The molecule has 1 fully saturated rings. The van der Waals surface area contributed by atoms with Crippen LogP contribution in [0.1, 0.15) is 12.8 Å². The topological polar surface area (TPSA) is 72.5 Å². The van der Waals surface area contributed by atoms with Crippen LogP contribution in [0.25, 0.3) is 0 Å². The average Bonchev–Trinajstić information content (AvgIpc) is 2.78. The minimum absolute atomic E-state index is 0.0111. The molecule has 1 amide bonds. The summed E-state index contributed by atoms with van der Waals surface area (Å²) in [6.45, 7) is 0.578. The predicted molar refractivity (Wildman–Crippen MR) is 76.3 cm³/mol. The summed E-state index contributed by atoms with van der Waals surface area (Å²) in [4.78, 5) is 11.6. The van der Waals surface area contributed by atoms with Gasteiger partial charge in [0, 0.05) is 6.54 Å². The van der Waals surface area contributed by atoms with Gasteiger partial charge in [-0.15, -0.1) is 0 Å². The molecule has 0 saturated carbocycles. The van der Waals surface area contributed by atoms with Crippen molar-refractivity contribution in [3.05, 3.63) is 30.1 Å². The van der Waals surface area contributed by atoms with E-state index in [-0.39, 0.29) is 42.2 Å². The highest BCUT2D eigenvalue weighted by Crippen LogP contribution is 2.17. The summed E-state index contributed by atoms with van der Waals surface area (Å²) in [6.07, 6.45) is 0.783. The summed E-state index contributed by atoms with van der Waals surface area (Å²) in [5.74, 6) is 0.358. The summed E-state index contributed by atoms with van der Waals surface area (Å²) in [7, 11) is -2.91. The summed E-state index contributed by atoms with van der Waals surface area (Å²) in [5, 5.41) is 2.71. The molecule has 1 unspecified atom stereocenters. The Labute approximate surface area is 123 Å². The van der Waals surface area contributed by atoms with Gasteiger partial charge in [-0.05, 0) is 36.6 Å². The summed E-state index contributed by atoms with van der Waals surface area (Å²) in [5.41, 5.74) is 0. The van der Waals surface area contributed by atoms with E-state index in [2.05, 4.69) is 5.32 Å². The minimum Gasteiger partial charge on any atom is -0.493 e. The summed E-state index contributed by atoms with van der Waals surface area (Å²) < 4.78 is 40.5. The molecule has 1 aromatic rings. The van der Waals surface area contributed by atoms with Gasteiger partial charge < -0.3 is 10.1 Å². The SMILES string of the molecule is O=C(CCOc1ccc(F)cc1)NCC1CCS(=O)(=O)C1. The van der Waals surface area contributed by atoms with E-state index in [0.717, 1.165) is 0 Å². The minimum atomic E-state index is -2.91. The van der Waals surface area contributed by atoms with Crippen LogP contribution in [0, 0.1) is 11.7 Å². The molecule has 116 valence electrons. The fraction of sp³-hybridized carbons (Fsp3) is 0.500. The van der Waals surface area contributed by atoms with Crippen molar-refractivity contribution in [1.29, 1.82) is 0 Å². The van der Waals surface area contributed by atoms with Crippen molar-refractivity contribution in [2.24, 2.45) is 5.92 Å². The number of hydrogen-bond donors (Lipinski definition) is 1. The standard InChI is InChI=1S/C14H18FNO4S/c15-12-1-3-13(4-2-12)20-7-5-14(17)16-9-11-6-8-21(18,19)10-11/h1-4,11H,5-10H2,(H,16,17). The number of benzene rings is 1. The molecule has 1 aromatic carbocycles. The summed E-state index contributed by atoms with van der Waals surface area (Å²) in [6, 6.07) is 5.57. The van der Waals surface area contributed by atoms with E-state index in [1.807, 2.05) is 0 Å². The number of amides is 1. The third-order valence-electron chi connectivity index (χ3n) is 3.33. The molecule has 0 radical (unpaired) electrons. The first kappa shape index (κ1) is 15.8. The second-order valence-electron chi connectivity index (χ2n) is 5.13. The molecule has 1 heterocycles. The van der Waals surface area contributed by atoms with Gasteiger partial charge in [0.15, 0.2) is 9.84 Å². The molecule has 1 N–H and O–H groups in total. The van der Waals surface area contributed by atoms with E-state index in [4.69, 9.17) is 4.74 Å². The first-order chi connectivity index (χ1) is 9.94. The highest BCUT2D eigenvalue weighted by Gasteiger charge is 2.27. The van der Waals surface area contributed by atoms with Crippen molar-refractivity contribution in [2.45, 2.75) is 12.8 Å². The zero-order chi connectivity index (χ0) is 15.3. The Kier molecular flexibility index (Phi) is 5.17. The molecule has 7 heteroatoms. The molecular formula is C14H18FNO4S. The van der Waals surface area contributed by atoms with Crippen molar-refractivity contribution < 1.29 is 22.3 Å². The number of ether oxygens (including phenoxy) is 1. The van der Waals surface area contributed by atoms with Gasteiger partial charge in [-0.25, -0.2) is 12.8 Å². The van der Waals surface area contributed by atoms with Crippen LogP contribution >= 0.6 is 0 Å². The Bertz CT molecular complexity index is 585. The fourth-order valence-electron chi connectivity index (χ4n) is 2.17. The van der Waals surface area contributed by atoms with Crippen molar-refractivity contribution in [2.75, 3.05) is 24.7 Å². The number of carbonyl (C=O) groups is 1. The van der Waals surface area contributed by atoms with Crippen LogP contribution < -0.4 is 10.1 Å². The molecule has 0 spiro atoms. The number of nitrogens with one attached hydrogen (secondary N) is 1. The normalized spacial score (nSPS) is 20.1. The second kappa shape index (κ2) is 6.89. The van der Waals surface area contributed by atoms with Crippen LogP contribution in [0.4, 0.5) is 4.39 Å². The molecule has 1 saturated heterocycles. The van der Waals surface area contributed by atoms with Gasteiger partial charge in [-0.3, -0.25) is 4.79 Å². The van der Waals surface area contributed by atoms with E-state index in [1.165, 1.54) is 24.3 Å². The molecule has 0 bridgehead atoms. The molecule has 21 heavy (non-hydrogen) atoms. The molecular weight excluding hydrogens is 297 g/mol. The predicted octanol–water partition coefficient (Wildman–Crippen LogP) is 1.15. The molecule has 2 rings (SSSR count). The van der Waals surface area contributed by atoms with Crippen molar-refractivity contribution in [3.8, 4) is 5.75 Å². The number of carbonyl (C=O) groups excluding carboxylic acids is 1. The number of rotatable bonds is 6.